The van der Waals surface area contributed by atoms with E-state index in [-0.39, 0.29) is 16.7 Å². The molecule has 2 fully saturated rings. The normalized spacial score (nSPS) is 26.1. The van der Waals surface area contributed by atoms with Gasteiger partial charge in [0.25, 0.3) is 0 Å². The zero-order valence-electron chi connectivity index (χ0n) is 13.4. The third-order valence-corrected chi connectivity index (χ3v) is 5.90. The molecule has 0 aromatic heterocycles. The second-order valence-corrected chi connectivity index (χ2v) is 7.33. The first kappa shape index (κ1) is 16.0. The molecule has 1 N–H and O–H groups in total. The SMILES string of the molecule is COc1ccc(NC(=O)C2CSC3(C)CCC(=O)N23)cc1OC. The molecule has 2 amide bonds. The average Bonchev–Trinajstić information content (AvgIpc) is 3.04. The summed E-state index contributed by atoms with van der Waals surface area (Å²) in [7, 11) is 3.11. The summed E-state index contributed by atoms with van der Waals surface area (Å²) in [5.74, 6) is 1.67. The van der Waals surface area contributed by atoms with Crippen molar-refractivity contribution < 1.29 is 19.1 Å². The van der Waals surface area contributed by atoms with Crippen LogP contribution in [0.15, 0.2) is 18.2 Å². The Morgan fingerprint density at radius 3 is 2.78 bits per heavy atom. The Kier molecular flexibility index (Phi) is 4.14. The van der Waals surface area contributed by atoms with Crippen LogP contribution in [-0.4, -0.2) is 47.6 Å². The van der Waals surface area contributed by atoms with Gasteiger partial charge in [-0.1, -0.05) is 0 Å². The Morgan fingerprint density at radius 1 is 1.35 bits per heavy atom. The number of anilines is 1. The highest BCUT2D eigenvalue weighted by molar-refractivity contribution is 8.01. The summed E-state index contributed by atoms with van der Waals surface area (Å²) < 4.78 is 10.4. The van der Waals surface area contributed by atoms with Crippen molar-refractivity contribution in [2.75, 3.05) is 25.3 Å². The van der Waals surface area contributed by atoms with Gasteiger partial charge in [0.05, 0.1) is 19.1 Å². The van der Waals surface area contributed by atoms with Crippen LogP contribution in [0.5, 0.6) is 11.5 Å². The average molecular weight is 336 g/mol. The summed E-state index contributed by atoms with van der Waals surface area (Å²) in [6.45, 7) is 2.03. The van der Waals surface area contributed by atoms with Gasteiger partial charge in [-0.25, -0.2) is 0 Å². The lowest BCUT2D eigenvalue weighted by Gasteiger charge is -2.29. The first-order valence-electron chi connectivity index (χ1n) is 7.47. The first-order valence-corrected chi connectivity index (χ1v) is 8.46. The predicted octanol–water partition coefficient (Wildman–Crippen LogP) is 2.10. The summed E-state index contributed by atoms with van der Waals surface area (Å²) >= 11 is 1.68. The molecule has 2 unspecified atom stereocenters. The van der Waals surface area contributed by atoms with Crippen molar-refractivity contribution in [3.63, 3.8) is 0 Å². The van der Waals surface area contributed by atoms with Crippen LogP contribution in [0.1, 0.15) is 19.8 Å². The molecule has 0 spiro atoms. The molecule has 2 heterocycles. The van der Waals surface area contributed by atoms with Crippen LogP contribution in [0, 0.1) is 0 Å². The van der Waals surface area contributed by atoms with E-state index in [1.165, 1.54) is 0 Å². The summed E-state index contributed by atoms with van der Waals surface area (Å²) in [4.78, 5) is 26.2. The molecule has 23 heavy (non-hydrogen) atoms. The maximum atomic E-state index is 12.6. The van der Waals surface area contributed by atoms with E-state index in [2.05, 4.69) is 5.32 Å². The number of nitrogens with zero attached hydrogens (tertiary/aromatic N) is 1. The number of hydrogen-bond acceptors (Lipinski definition) is 5. The lowest BCUT2D eigenvalue weighted by molar-refractivity contribution is -0.135. The van der Waals surface area contributed by atoms with E-state index in [4.69, 9.17) is 9.47 Å². The van der Waals surface area contributed by atoms with Gasteiger partial charge in [-0.2, -0.15) is 0 Å². The van der Waals surface area contributed by atoms with Crippen LogP contribution in [0.2, 0.25) is 0 Å². The standard InChI is InChI=1S/C16H20N2O4S/c1-16-7-6-14(19)18(16)11(9-23-16)15(20)17-10-4-5-12(21-2)13(8-10)22-3/h4-5,8,11H,6-7,9H2,1-3H3,(H,17,20). The van der Waals surface area contributed by atoms with Crippen molar-refractivity contribution in [1.29, 1.82) is 0 Å². The molecule has 1 aromatic carbocycles. The van der Waals surface area contributed by atoms with Crippen LogP contribution in [0.3, 0.4) is 0 Å². The lowest BCUT2D eigenvalue weighted by atomic mass is 10.2. The van der Waals surface area contributed by atoms with E-state index >= 15 is 0 Å². The lowest BCUT2D eigenvalue weighted by Crippen LogP contribution is -2.48. The number of carbonyl (C=O) groups excluding carboxylic acids is 2. The molecular formula is C16H20N2O4S. The molecule has 0 saturated carbocycles. The molecule has 3 rings (SSSR count). The fraction of sp³-hybridized carbons (Fsp3) is 0.500. The summed E-state index contributed by atoms with van der Waals surface area (Å²) in [5, 5.41) is 2.88. The van der Waals surface area contributed by atoms with E-state index in [0.717, 1.165) is 6.42 Å². The van der Waals surface area contributed by atoms with Gasteiger partial charge in [0.15, 0.2) is 11.5 Å². The molecule has 1 aromatic rings. The van der Waals surface area contributed by atoms with Gasteiger partial charge in [0.2, 0.25) is 11.8 Å². The summed E-state index contributed by atoms with van der Waals surface area (Å²) in [6.07, 6.45) is 1.32. The molecule has 7 heteroatoms. The van der Waals surface area contributed by atoms with Gasteiger partial charge in [0, 0.05) is 23.9 Å². The van der Waals surface area contributed by atoms with E-state index in [1.807, 2.05) is 6.92 Å². The predicted molar refractivity (Wildman–Crippen MR) is 88.9 cm³/mol. The van der Waals surface area contributed by atoms with E-state index in [0.29, 0.717) is 29.4 Å². The van der Waals surface area contributed by atoms with E-state index in [1.54, 1.807) is 49.1 Å². The Hall–Kier alpha value is -1.89. The topological polar surface area (TPSA) is 67.9 Å². The number of amides is 2. The molecule has 0 radical (unpaired) electrons. The molecule has 2 atom stereocenters. The summed E-state index contributed by atoms with van der Waals surface area (Å²) in [6, 6.07) is 4.78. The van der Waals surface area contributed by atoms with Crippen LogP contribution in [-0.2, 0) is 9.59 Å². The first-order chi connectivity index (χ1) is 11.0. The second-order valence-electron chi connectivity index (χ2n) is 5.82. The van der Waals surface area contributed by atoms with Gasteiger partial charge in [0.1, 0.15) is 6.04 Å². The minimum atomic E-state index is -0.423. The molecule has 2 aliphatic heterocycles. The minimum Gasteiger partial charge on any atom is -0.493 e. The molecule has 0 bridgehead atoms. The van der Waals surface area contributed by atoms with Crippen molar-refractivity contribution >= 4 is 29.3 Å². The number of benzene rings is 1. The van der Waals surface area contributed by atoms with Gasteiger partial charge < -0.3 is 19.7 Å². The van der Waals surface area contributed by atoms with E-state index < -0.39 is 6.04 Å². The van der Waals surface area contributed by atoms with Gasteiger partial charge in [-0.15, -0.1) is 11.8 Å². The number of rotatable bonds is 4. The van der Waals surface area contributed by atoms with Crippen LogP contribution in [0.4, 0.5) is 5.69 Å². The molecule has 0 aliphatic carbocycles. The zero-order chi connectivity index (χ0) is 16.6. The van der Waals surface area contributed by atoms with Gasteiger partial charge >= 0.3 is 0 Å². The largest absolute Gasteiger partial charge is 0.493 e. The molecular weight excluding hydrogens is 316 g/mol. The highest BCUT2D eigenvalue weighted by atomic mass is 32.2. The Balaban J connectivity index is 1.76. The number of thioether (sulfide) groups is 1. The number of ether oxygens (including phenoxy) is 2. The molecule has 6 nitrogen and oxygen atoms in total. The second kappa shape index (κ2) is 5.96. The van der Waals surface area contributed by atoms with Crippen molar-refractivity contribution in [1.82, 2.24) is 4.90 Å². The van der Waals surface area contributed by atoms with Gasteiger partial charge in [-0.3, -0.25) is 9.59 Å². The van der Waals surface area contributed by atoms with Crippen molar-refractivity contribution in [3.8, 4) is 11.5 Å². The van der Waals surface area contributed by atoms with Gasteiger partial charge in [-0.05, 0) is 25.5 Å². The minimum absolute atomic E-state index is 0.0601. The maximum absolute atomic E-state index is 12.6. The van der Waals surface area contributed by atoms with Crippen LogP contribution >= 0.6 is 11.8 Å². The molecule has 2 saturated heterocycles. The summed E-state index contributed by atoms with van der Waals surface area (Å²) in [5.41, 5.74) is 0.623. The monoisotopic (exact) mass is 336 g/mol. The Labute approximate surface area is 139 Å². The van der Waals surface area contributed by atoms with Crippen LogP contribution < -0.4 is 14.8 Å². The third kappa shape index (κ3) is 2.73. The Morgan fingerprint density at radius 2 is 2.09 bits per heavy atom. The van der Waals surface area contributed by atoms with E-state index in [9.17, 15) is 9.59 Å². The highest BCUT2D eigenvalue weighted by Crippen LogP contribution is 2.47. The maximum Gasteiger partial charge on any atom is 0.248 e. The molecule has 2 aliphatic rings. The van der Waals surface area contributed by atoms with Crippen molar-refractivity contribution in [3.05, 3.63) is 18.2 Å². The number of carbonyl (C=O) groups is 2. The third-order valence-electron chi connectivity index (χ3n) is 4.40. The number of fused-ring (bicyclic) bond motifs is 1. The smallest absolute Gasteiger partial charge is 0.248 e. The number of methoxy groups -OCH3 is 2. The fourth-order valence-electron chi connectivity index (χ4n) is 3.15. The van der Waals surface area contributed by atoms with Crippen LogP contribution in [0.25, 0.3) is 0 Å². The Bertz CT molecular complexity index is 651. The quantitative estimate of drug-likeness (QED) is 0.912. The molecule has 124 valence electrons. The van der Waals surface area contributed by atoms with Crippen molar-refractivity contribution in [2.45, 2.75) is 30.7 Å². The zero-order valence-corrected chi connectivity index (χ0v) is 14.2. The number of hydrogen-bond donors (Lipinski definition) is 1. The number of nitrogens with one attached hydrogen (secondary N) is 1. The highest BCUT2D eigenvalue weighted by Gasteiger charge is 2.52. The fourth-order valence-corrected chi connectivity index (χ4v) is 4.59. The van der Waals surface area contributed by atoms with Crippen molar-refractivity contribution in [2.24, 2.45) is 0 Å².